The van der Waals surface area contributed by atoms with E-state index in [0.717, 1.165) is 12.8 Å². The summed E-state index contributed by atoms with van der Waals surface area (Å²) in [6.07, 6.45) is 2.05. The second kappa shape index (κ2) is 4.42. The van der Waals surface area contributed by atoms with Crippen molar-refractivity contribution in [2.75, 3.05) is 0 Å². The average Bonchev–Trinajstić information content (AvgIpc) is 2.04. The number of carboxylic acids is 1. The van der Waals surface area contributed by atoms with Crippen LogP contribution >= 0.6 is 15.9 Å². The standard InChI is InChI=1S/C10H11BrO2/c1-2-3-7-4-5-8(10(12)13)9(11)6-7/h4-6H,2-3H2,1H3,(H,12,13). The van der Waals surface area contributed by atoms with E-state index in [0.29, 0.717) is 10.0 Å². The summed E-state index contributed by atoms with van der Waals surface area (Å²) in [5.41, 5.74) is 1.49. The van der Waals surface area contributed by atoms with E-state index >= 15 is 0 Å². The molecule has 0 spiro atoms. The maximum absolute atomic E-state index is 10.7. The molecule has 0 atom stereocenters. The van der Waals surface area contributed by atoms with E-state index < -0.39 is 5.97 Å². The van der Waals surface area contributed by atoms with Crippen molar-refractivity contribution in [3.05, 3.63) is 33.8 Å². The minimum Gasteiger partial charge on any atom is -0.478 e. The molecule has 0 fully saturated rings. The summed E-state index contributed by atoms with van der Waals surface area (Å²) >= 11 is 3.24. The SMILES string of the molecule is CCCc1ccc(C(=O)O)c(Br)c1. The van der Waals surface area contributed by atoms with Gasteiger partial charge in [-0.05, 0) is 40.0 Å². The van der Waals surface area contributed by atoms with Crippen LogP contribution < -0.4 is 0 Å². The first kappa shape index (κ1) is 10.3. The summed E-state index contributed by atoms with van der Waals surface area (Å²) in [6.45, 7) is 2.10. The van der Waals surface area contributed by atoms with Crippen LogP contribution in [-0.2, 0) is 6.42 Å². The highest BCUT2D eigenvalue weighted by Crippen LogP contribution is 2.19. The smallest absolute Gasteiger partial charge is 0.336 e. The number of aromatic carboxylic acids is 1. The maximum atomic E-state index is 10.7. The maximum Gasteiger partial charge on any atom is 0.336 e. The number of hydrogen-bond donors (Lipinski definition) is 1. The highest BCUT2D eigenvalue weighted by molar-refractivity contribution is 9.10. The summed E-state index contributed by atoms with van der Waals surface area (Å²) in [5, 5.41) is 8.76. The van der Waals surface area contributed by atoms with Crippen molar-refractivity contribution in [3.63, 3.8) is 0 Å². The molecule has 1 aromatic rings. The van der Waals surface area contributed by atoms with E-state index in [1.165, 1.54) is 5.56 Å². The van der Waals surface area contributed by atoms with Gasteiger partial charge in [-0.25, -0.2) is 4.79 Å². The Balaban J connectivity index is 2.98. The van der Waals surface area contributed by atoms with Crippen LogP contribution in [0.15, 0.2) is 22.7 Å². The molecule has 0 unspecified atom stereocenters. The molecular formula is C10H11BrO2. The van der Waals surface area contributed by atoms with Crippen LogP contribution in [0.25, 0.3) is 0 Å². The lowest BCUT2D eigenvalue weighted by molar-refractivity contribution is 0.0696. The molecular weight excluding hydrogens is 232 g/mol. The molecule has 0 amide bonds. The number of carboxylic acid groups (broad SMARTS) is 1. The number of rotatable bonds is 3. The molecule has 0 heterocycles. The fourth-order valence-electron chi connectivity index (χ4n) is 1.18. The number of hydrogen-bond acceptors (Lipinski definition) is 1. The molecule has 0 aliphatic rings. The second-order valence-corrected chi connectivity index (χ2v) is 3.72. The van der Waals surface area contributed by atoms with Crippen molar-refractivity contribution in [2.24, 2.45) is 0 Å². The summed E-state index contributed by atoms with van der Waals surface area (Å²) in [6, 6.07) is 5.36. The van der Waals surface area contributed by atoms with Gasteiger partial charge >= 0.3 is 5.97 Å². The van der Waals surface area contributed by atoms with Gasteiger partial charge in [0.15, 0.2) is 0 Å². The number of halogens is 1. The Morgan fingerprint density at radius 1 is 1.54 bits per heavy atom. The first-order valence-electron chi connectivity index (χ1n) is 4.17. The van der Waals surface area contributed by atoms with E-state index in [2.05, 4.69) is 22.9 Å². The summed E-state index contributed by atoms with van der Waals surface area (Å²) < 4.78 is 0.658. The van der Waals surface area contributed by atoms with E-state index in [4.69, 9.17) is 5.11 Å². The van der Waals surface area contributed by atoms with Crippen LogP contribution in [-0.4, -0.2) is 11.1 Å². The molecule has 0 bridgehead atoms. The monoisotopic (exact) mass is 242 g/mol. The third-order valence-corrected chi connectivity index (χ3v) is 2.46. The third kappa shape index (κ3) is 2.56. The van der Waals surface area contributed by atoms with E-state index in [1.54, 1.807) is 6.07 Å². The molecule has 1 aromatic carbocycles. The van der Waals surface area contributed by atoms with Gasteiger partial charge in [-0.3, -0.25) is 0 Å². The molecule has 0 aromatic heterocycles. The number of aryl methyl sites for hydroxylation is 1. The second-order valence-electron chi connectivity index (χ2n) is 2.87. The van der Waals surface area contributed by atoms with Gasteiger partial charge in [0, 0.05) is 4.47 Å². The van der Waals surface area contributed by atoms with Gasteiger partial charge in [0.05, 0.1) is 5.56 Å². The van der Waals surface area contributed by atoms with Crippen molar-refractivity contribution in [1.29, 1.82) is 0 Å². The van der Waals surface area contributed by atoms with Gasteiger partial charge in [-0.1, -0.05) is 19.4 Å². The molecule has 1 N–H and O–H groups in total. The highest BCUT2D eigenvalue weighted by atomic mass is 79.9. The van der Waals surface area contributed by atoms with Crippen molar-refractivity contribution >= 4 is 21.9 Å². The predicted molar refractivity (Wildman–Crippen MR) is 55.1 cm³/mol. The number of carbonyl (C=O) groups is 1. The first-order chi connectivity index (χ1) is 6.15. The molecule has 13 heavy (non-hydrogen) atoms. The van der Waals surface area contributed by atoms with Crippen LogP contribution in [0.4, 0.5) is 0 Å². The Hall–Kier alpha value is -0.830. The highest BCUT2D eigenvalue weighted by Gasteiger charge is 2.07. The summed E-state index contributed by atoms with van der Waals surface area (Å²) in [7, 11) is 0. The normalized spacial score (nSPS) is 10.0. The Labute approximate surface area is 85.7 Å². The average molecular weight is 243 g/mol. The van der Waals surface area contributed by atoms with Crippen LogP contribution in [0.1, 0.15) is 29.3 Å². The zero-order valence-electron chi connectivity index (χ0n) is 7.38. The molecule has 0 saturated carbocycles. The van der Waals surface area contributed by atoms with Gasteiger partial charge in [0.25, 0.3) is 0 Å². The van der Waals surface area contributed by atoms with Gasteiger partial charge in [0.1, 0.15) is 0 Å². The van der Waals surface area contributed by atoms with Crippen molar-refractivity contribution in [3.8, 4) is 0 Å². The Morgan fingerprint density at radius 2 is 2.23 bits per heavy atom. The third-order valence-electron chi connectivity index (χ3n) is 1.80. The van der Waals surface area contributed by atoms with Gasteiger partial charge in [-0.15, -0.1) is 0 Å². The quantitative estimate of drug-likeness (QED) is 0.885. The zero-order chi connectivity index (χ0) is 9.84. The molecule has 0 radical (unpaired) electrons. The van der Waals surface area contributed by atoms with Crippen LogP contribution in [0.3, 0.4) is 0 Å². The van der Waals surface area contributed by atoms with E-state index in [1.807, 2.05) is 12.1 Å². The lowest BCUT2D eigenvalue weighted by atomic mass is 10.1. The van der Waals surface area contributed by atoms with Crippen molar-refractivity contribution in [1.82, 2.24) is 0 Å². The molecule has 3 heteroatoms. The lowest BCUT2D eigenvalue weighted by Gasteiger charge is -2.02. The zero-order valence-corrected chi connectivity index (χ0v) is 8.97. The van der Waals surface area contributed by atoms with Crippen LogP contribution in [0.5, 0.6) is 0 Å². The molecule has 1 rings (SSSR count). The minimum absolute atomic E-state index is 0.319. The minimum atomic E-state index is -0.894. The van der Waals surface area contributed by atoms with Crippen molar-refractivity contribution < 1.29 is 9.90 Å². The number of benzene rings is 1. The summed E-state index contributed by atoms with van der Waals surface area (Å²) in [5.74, 6) is -0.894. The molecule has 70 valence electrons. The van der Waals surface area contributed by atoms with Crippen LogP contribution in [0.2, 0.25) is 0 Å². The lowest BCUT2D eigenvalue weighted by Crippen LogP contribution is -1.98. The molecule has 0 aliphatic heterocycles. The van der Waals surface area contributed by atoms with Crippen LogP contribution in [0, 0.1) is 0 Å². The Morgan fingerprint density at radius 3 is 2.69 bits per heavy atom. The first-order valence-corrected chi connectivity index (χ1v) is 4.96. The largest absolute Gasteiger partial charge is 0.478 e. The van der Waals surface area contributed by atoms with Gasteiger partial charge in [0.2, 0.25) is 0 Å². The Kier molecular flexibility index (Phi) is 3.48. The van der Waals surface area contributed by atoms with Crippen molar-refractivity contribution in [2.45, 2.75) is 19.8 Å². The Bertz CT molecular complexity index is 321. The van der Waals surface area contributed by atoms with E-state index in [-0.39, 0.29) is 0 Å². The molecule has 2 nitrogen and oxygen atoms in total. The topological polar surface area (TPSA) is 37.3 Å². The fourth-order valence-corrected chi connectivity index (χ4v) is 1.77. The van der Waals surface area contributed by atoms with E-state index in [9.17, 15) is 4.79 Å². The van der Waals surface area contributed by atoms with Gasteiger partial charge < -0.3 is 5.11 Å². The molecule has 0 aliphatic carbocycles. The summed E-state index contributed by atoms with van der Waals surface area (Å²) in [4.78, 5) is 10.7. The van der Waals surface area contributed by atoms with Gasteiger partial charge in [-0.2, -0.15) is 0 Å². The molecule has 0 saturated heterocycles. The fraction of sp³-hybridized carbons (Fsp3) is 0.300. The predicted octanol–water partition coefficient (Wildman–Crippen LogP) is 3.10.